The molecule has 2 saturated heterocycles. The third-order valence-electron chi connectivity index (χ3n) is 5.70. The van der Waals surface area contributed by atoms with E-state index < -0.39 is 0 Å². The van der Waals surface area contributed by atoms with Crippen molar-refractivity contribution in [3.05, 3.63) is 11.1 Å². The Morgan fingerprint density at radius 1 is 1.21 bits per heavy atom. The largest absolute Gasteiger partial charge is 0.342 e. The average molecular weight is 407 g/mol. The maximum Gasteiger partial charge on any atom is 0.229 e. The molecule has 156 valence electrons. The highest BCUT2D eigenvalue weighted by atomic mass is 32.1. The molecule has 1 aromatic heterocycles. The van der Waals surface area contributed by atoms with E-state index in [-0.39, 0.29) is 23.1 Å². The quantitative estimate of drug-likeness (QED) is 0.830. The minimum atomic E-state index is -0.363. The number of thiazole rings is 1. The highest BCUT2D eigenvalue weighted by Gasteiger charge is 2.32. The normalized spacial score (nSPS) is 22.3. The second kappa shape index (κ2) is 8.91. The van der Waals surface area contributed by atoms with E-state index in [4.69, 9.17) is 0 Å². The Labute approximate surface area is 172 Å². The molecule has 0 aliphatic carbocycles. The standard InChI is InChI=1S/C21H34N4O2S/c1-15-6-5-9-24(12-15)13-17-14-28-20(22-17)23-18(26)16-7-10-25(11-8-16)19(27)21(2,3)4/h14-16H,5-13H2,1-4H3,(H,22,23,26). The zero-order valence-corrected chi connectivity index (χ0v) is 18.5. The minimum absolute atomic E-state index is 0.0374. The van der Waals surface area contributed by atoms with Gasteiger partial charge in [0.2, 0.25) is 11.8 Å². The number of rotatable bonds is 4. The van der Waals surface area contributed by atoms with E-state index in [2.05, 4.69) is 27.5 Å². The molecule has 1 aromatic rings. The van der Waals surface area contributed by atoms with Crippen molar-refractivity contribution in [2.24, 2.45) is 17.3 Å². The van der Waals surface area contributed by atoms with Gasteiger partial charge in [0.25, 0.3) is 0 Å². The van der Waals surface area contributed by atoms with Crippen LogP contribution >= 0.6 is 11.3 Å². The fraction of sp³-hybridized carbons (Fsp3) is 0.762. The molecule has 1 unspecified atom stereocenters. The molecule has 0 spiro atoms. The summed E-state index contributed by atoms with van der Waals surface area (Å²) in [6.07, 6.45) is 4.01. The highest BCUT2D eigenvalue weighted by Crippen LogP contribution is 2.26. The van der Waals surface area contributed by atoms with Crippen LogP contribution in [-0.2, 0) is 16.1 Å². The predicted octanol–water partition coefficient (Wildman–Crippen LogP) is 3.60. The SMILES string of the molecule is CC1CCCN(Cc2csc(NC(=O)C3CCN(C(=O)C(C)(C)C)CC3)n2)C1. The topological polar surface area (TPSA) is 65.5 Å². The van der Waals surface area contributed by atoms with E-state index in [0.717, 1.165) is 44.1 Å². The van der Waals surface area contributed by atoms with E-state index in [1.165, 1.54) is 24.2 Å². The van der Waals surface area contributed by atoms with Crippen LogP contribution in [-0.4, -0.2) is 52.8 Å². The van der Waals surface area contributed by atoms with Gasteiger partial charge in [0.05, 0.1) is 5.69 Å². The first-order valence-corrected chi connectivity index (χ1v) is 11.4. The van der Waals surface area contributed by atoms with Crippen LogP contribution in [0.5, 0.6) is 0 Å². The maximum atomic E-state index is 12.6. The lowest BCUT2D eigenvalue weighted by Gasteiger charge is -2.35. The van der Waals surface area contributed by atoms with Gasteiger partial charge in [-0.15, -0.1) is 11.3 Å². The van der Waals surface area contributed by atoms with Crippen LogP contribution in [0.15, 0.2) is 5.38 Å². The fourth-order valence-electron chi connectivity index (χ4n) is 4.12. The van der Waals surface area contributed by atoms with Crippen molar-refractivity contribution in [3.63, 3.8) is 0 Å². The Morgan fingerprint density at radius 3 is 2.57 bits per heavy atom. The third-order valence-corrected chi connectivity index (χ3v) is 6.51. The molecule has 2 aliphatic rings. The van der Waals surface area contributed by atoms with Crippen molar-refractivity contribution in [2.45, 2.75) is 59.9 Å². The van der Waals surface area contributed by atoms with Crippen LogP contribution in [0.1, 0.15) is 59.1 Å². The molecule has 1 N–H and O–H groups in total. The van der Waals surface area contributed by atoms with Crippen LogP contribution in [0.4, 0.5) is 5.13 Å². The number of hydrogen-bond acceptors (Lipinski definition) is 5. The first-order chi connectivity index (χ1) is 13.2. The molecule has 28 heavy (non-hydrogen) atoms. The molecule has 2 amide bonds. The van der Waals surface area contributed by atoms with Gasteiger partial charge in [-0.05, 0) is 38.1 Å². The lowest BCUT2D eigenvalue weighted by molar-refractivity contribution is -0.142. The average Bonchev–Trinajstić information content (AvgIpc) is 3.07. The van der Waals surface area contributed by atoms with E-state index in [1.54, 1.807) is 0 Å². The van der Waals surface area contributed by atoms with Gasteiger partial charge in [0.15, 0.2) is 5.13 Å². The Balaban J connectivity index is 1.47. The lowest BCUT2D eigenvalue weighted by atomic mass is 9.91. The number of anilines is 1. The van der Waals surface area contributed by atoms with Crippen LogP contribution in [0.25, 0.3) is 0 Å². The van der Waals surface area contributed by atoms with Gasteiger partial charge in [-0.2, -0.15) is 0 Å². The number of carbonyl (C=O) groups excluding carboxylic acids is 2. The molecule has 1 atom stereocenters. The molecule has 3 rings (SSSR count). The van der Waals surface area contributed by atoms with Crippen LogP contribution in [0.2, 0.25) is 0 Å². The third kappa shape index (κ3) is 5.54. The molecule has 2 aliphatic heterocycles. The summed E-state index contributed by atoms with van der Waals surface area (Å²) in [7, 11) is 0. The maximum absolute atomic E-state index is 12.6. The van der Waals surface area contributed by atoms with Gasteiger partial charge >= 0.3 is 0 Å². The molecule has 6 nitrogen and oxygen atoms in total. The van der Waals surface area contributed by atoms with E-state index >= 15 is 0 Å². The first kappa shape index (κ1) is 21.2. The van der Waals surface area contributed by atoms with Gasteiger partial charge in [0, 0.05) is 42.9 Å². The molecule has 0 saturated carbocycles. The number of aromatic nitrogens is 1. The van der Waals surface area contributed by atoms with Crippen molar-refractivity contribution in [3.8, 4) is 0 Å². The number of hydrogen-bond donors (Lipinski definition) is 1. The van der Waals surface area contributed by atoms with Crippen molar-refractivity contribution < 1.29 is 9.59 Å². The first-order valence-electron chi connectivity index (χ1n) is 10.5. The number of amides is 2. The summed E-state index contributed by atoms with van der Waals surface area (Å²) in [5.41, 5.74) is 0.679. The monoisotopic (exact) mass is 406 g/mol. The van der Waals surface area contributed by atoms with Crippen molar-refractivity contribution in [1.29, 1.82) is 0 Å². The Hall–Kier alpha value is -1.47. The summed E-state index contributed by atoms with van der Waals surface area (Å²) in [5.74, 6) is 0.917. The molecule has 0 radical (unpaired) electrons. The molecule has 2 fully saturated rings. The second-order valence-electron chi connectivity index (χ2n) is 9.43. The highest BCUT2D eigenvalue weighted by molar-refractivity contribution is 7.13. The van der Waals surface area contributed by atoms with Crippen molar-refractivity contribution in [1.82, 2.24) is 14.8 Å². The Kier molecular flexibility index (Phi) is 6.76. The van der Waals surface area contributed by atoms with Crippen molar-refractivity contribution in [2.75, 3.05) is 31.5 Å². The zero-order chi connectivity index (χ0) is 20.3. The molecule has 3 heterocycles. The number of nitrogens with one attached hydrogen (secondary N) is 1. The molecular formula is C21H34N4O2S. The molecule has 0 bridgehead atoms. The smallest absolute Gasteiger partial charge is 0.229 e. The molecule has 7 heteroatoms. The van der Waals surface area contributed by atoms with Crippen LogP contribution < -0.4 is 5.32 Å². The van der Waals surface area contributed by atoms with E-state index in [1.807, 2.05) is 25.7 Å². The number of carbonyl (C=O) groups is 2. The van der Waals surface area contributed by atoms with Crippen LogP contribution in [0, 0.1) is 17.3 Å². The summed E-state index contributed by atoms with van der Waals surface area (Å²) < 4.78 is 0. The van der Waals surface area contributed by atoms with E-state index in [0.29, 0.717) is 18.2 Å². The molecule has 0 aromatic carbocycles. The summed E-state index contributed by atoms with van der Waals surface area (Å²) in [6, 6.07) is 0. The van der Waals surface area contributed by atoms with Crippen molar-refractivity contribution >= 4 is 28.3 Å². The molecular weight excluding hydrogens is 372 g/mol. The second-order valence-corrected chi connectivity index (χ2v) is 10.3. The Morgan fingerprint density at radius 2 is 1.93 bits per heavy atom. The lowest BCUT2D eigenvalue weighted by Crippen LogP contribution is -2.45. The fourth-order valence-corrected chi connectivity index (χ4v) is 4.83. The minimum Gasteiger partial charge on any atom is -0.342 e. The van der Waals surface area contributed by atoms with Gasteiger partial charge < -0.3 is 10.2 Å². The summed E-state index contributed by atoms with van der Waals surface area (Å²) in [4.78, 5) is 34.0. The van der Waals surface area contributed by atoms with Crippen LogP contribution in [0.3, 0.4) is 0 Å². The number of likely N-dealkylation sites (tertiary alicyclic amines) is 2. The summed E-state index contributed by atoms with van der Waals surface area (Å²) in [5, 5.41) is 5.75. The van der Waals surface area contributed by atoms with Gasteiger partial charge in [-0.3, -0.25) is 14.5 Å². The van der Waals surface area contributed by atoms with Gasteiger partial charge in [0.1, 0.15) is 0 Å². The predicted molar refractivity (Wildman–Crippen MR) is 113 cm³/mol. The summed E-state index contributed by atoms with van der Waals surface area (Å²) in [6.45, 7) is 12.6. The Bertz CT molecular complexity index is 689. The number of piperidine rings is 2. The number of nitrogens with zero attached hydrogens (tertiary/aromatic N) is 3. The zero-order valence-electron chi connectivity index (χ0n) is 17.7. The van der Waals surface area contributed by atoms with E-state index in [9.17, 15) is 9.59 Å². The van der Waals surface area contributed by atoms with Gasteiger partial charge in [-0.25, -0.2) is 4.98 Å². The van der Waals surface area contributed by atoms with Gasteiger partial charge in [-0.1, -0.05) is 27.7 Å². The summed E-state index contributed by atoms with van der Waals surface area (Å²) >= 11 is 1.51.